The lowest BCUT2D eigenvalue weighted by Crippen LogP contribution is -2.41. The van der Waals surface area contributed by atoms with Gasteiger partial charge in [0.2, 0.25) is 0 Å². The van der Waals surface area contributed by atoms with Crippen molar-refractivity contribution in [3.63, 3.8) is 0 Å². The van der Waals surface area contributed by atoms with Gasteiger partial charge in [-0.15, -0.1) is 0 Å². The highest BCUT2D eigenvalue weighted by Crippen LogP contribution is 1.98. The van der Waals surface area contributed by atoms with Gasteiger partial charge in [-0.2, -0.15) is 0 Å². The predicted octanol–water partition coefficient (Wildman–Crippen LogP) is 1.50. The van der Waals surface area contributed by atoms with Crippen molar-refractivity contribution in [2.24, 2.45) is 5.73 Å². The molecule has 6 heteroatoms. The summed E-state index contributed by atoms with van der Waals surface area (Å²) in [5.74, 6) is 0. The lowest BCUT2D eigenvalue weighted by Gasteiger charge is -2.19. The van der Waals surface area contributed by atoms with Crippen LogP contribution in [0.1, 0.15) is 27.2 Å². The van der Waals surface area contributed by atoms with Crippen molar-refractivity contribution >= 4 is 23.4 Å². The third kappa shape index (κ3) is 6.58. The number of nitrogens with two attached hydrogens (primary N) is 1. The van der Waals surface area contributed by atoms with Crippen molar-refractivity contribution in [2.75, 3.05) is 19.8 Å². The highest BCUT2D eigenvalue weighted by Gasteiger charge is 2.16. The maximum Gasteiger partial charge on any atom is 0.416 e. The van der Waals surface area contributed by atoms with Gasteiger partial charge in [0, 0.05) is 13.2 Å². The molecule has 0 saturated carbocycles. The molecule has 1 amide bonds. The Morgan fingerprint density at radius 1 is 1.50 bits per heavy atom. The molecule has 0 heterocycles. The van der Waals surface area contributed by atoms with Crippen LogP contribution in [0.15, 0.2) is 0 Å². The van der Waals surface area contributed by atoms with Gasteiger partial charge in [-0.25, -0.2) is 4.79 Å². The highest BCUT2D eigenvalue weighted by atomic mass is 32.1. The molecule has 94 valence electrons. The van der Waals surface area contributed by atoms with Crippen LogP contribution in [0.3, 0.4) is 0 Å². The van der Waals surface area contributed by atoms with E-state index in [4.69, 9.17) is 27.4 Å². The van der Waals surface area contributed by atoms with E-state index >= 15 is 0 Å². The number of hydrogen-bond donors (Lipinski definition) is 1. The Balaban J connectivity index is 3.95. The Kier molecular flexibility index (Phi) is 7.84. The molecule has 0 rings (SSSR count). The molecular weight excluding hydrogens is 228 g/mol. The predicted molar refractivity (Wildman–Crippen MR) is 66.2 cm³/mol. The van der Waals surface area contributed by atoms with Gasteiger partial charge in [0.05, 0.1) is 12.7 Å². The van der Waals surface area contributed by atoms with E-state index in [2.05, 4.69) is 0 Å². The molecule has 0 saturated heterocycles. The van der Waals surface area contributed by atoms with Crippen molar-refractivity contribution < 1.29 is 14.3 Å². The molecule has 0 aromatic heterocycles. The summed E-state index contributed by atoms with van der Waals surface area (Å²) in [5.41, 5.74) is 5.43. The summed E-state index contributed by atoms with van der Waals surface area (Å²) >= 11 is 4.77. The quantitative estimate of drug-likeness (QED) is 0.570. The normalized spacial score (nSPS) is 10.2. The second-order valence-electron chi connectivity index (χ2n) is 3.46. The molecule has 2 N–H and O–H groups in total. The average Bonchev–Trinajstić information content (AvgIpc) is 2.16. The largest absolute Gasteiger partial charge is 0.449 e. The average molecular weight is 248 g/mol. The highest BCUT2D eigenvalue weighted by molar-refractivity contribution is 7.80. The lowest BCUT2D eigenvalue weighted by atomic mass is 10.4. The third-order valence-corrected chi connectivity index (χ3v) is 1.95. The van der Waals surface area contributed by atoms with E-state index in [0.29, 0.717) is 26.2 Å². The molecule has 0 aliphatic carbocycles. The van der Waals surface area contributed by atoms with Crippen molar-refractivity contribution in [2.45, 2.75) is 33.3 Å². The number of thiocarbonyl (C=S) groups is 1. The van der Waals surface area contributed by atoms with Crippen LogP contribution >= 0.6 is 12.2 Å². The van der Waals surface area contributed by atoms with Crippen molar-refractivity contribution in [3.05, 3.63) is 0 Å². The topological polar surface area (TPSA) is 64.8 Å². The molecule has 0 aromatic carbocycles. The van der Waals surface area contributed by atoms with Gasteiger partial charge in [0.15, 0.2) is 5.11 Å². The Bertz CT molecular complexity index is 234. The van der Waals surface area contributed by atoms with Gasteiger partial charge < -0.3 is 15.2 Å². The van der Waals surface area contributed by atoms with Crippen LogP contribution in [0, 0.1) is 0 Å². The van der Waals surface area contributed by atoms with Gasteiger partial charge in [-0.1, -0.05) is 0 Å². The van der Waals surface area contributed by atoms with Gasteiger partial charge in [-0.3, -0.25) is 4.90 Å². The summed E-state index contributed by atoms with van der Waals surface area (Å²) in [6.07, 6.45) is 0.356. The molecule has 0 aliphatic rings. The summed E-state index contributed by atoms with van der Waals surface area (Å²) in [6.45, 7) is 6.93. The zero-order valence-electron chi connectivity index (χ0n) is 10.1. The molecule has 0 aliphatic heterocycles. The Morgan fingerprint density at radius 3 is 2.56 bits per heavy atom. The molecule has 16 heavy (non-hydrogen) atoms. The van der Waals surface area contributed by atoms with Gasteiger partial charge in [0.1, 0.15) is 0 Å². The summed E-state index contributed by atoms with van der Waals surface area (Å²) < 4.78 is 10.2. The van der Waals surface area contributed by atoms with Crippen LogP contribution in [0.2, 0.25) is 0 Å². The SMILES string of the molecule is CCOC(=O)N(CCCOC(C)C)C(N)=S. The van der Waals surface area contributed by atoms with E-state index in [1.165, 1.54) is 4.90 Å². The Hall–Kier alpha value is -0.880. The first-order valence-corrected chi connectivity index (χ1v) is 5.75. The number of hydrogen-bond acceptors (Lipinski definition) is 4. The zero-order chi connectivity index (χ0) is 12.6. The fourth-order valence-electron chi connectivity index (χ4n) is 1.03. The smallest absolute Gasteiger partial charge is 0.416 e. The number of amides is 1. The monoisotopic (exact) mass is 248 g/mol. The summed E-state index contributed by atoms with van der Waals surface area (Å²) in [4.78, 5) is 12.6. The van der Waals surface area contributed by atoms with E-state index in [1.54, 1.807) is 6.92 Å². The Labute approximate surface area is 102 Å². The van der Waals surface area contributed by atoms with E-state index in [0.717, 1.165) is 0 Å². The molecule has 0 aromatic rings. The lowest BCUT2D eigenvalue weighted by molar-refractivity contribution is 0.0722. The molecule has 5 nitrogen and oxygen atoms in total. The molecule has 0 atom stereocenters. The number of nitrogens with zero attached hydrogens (tertiary/aromatic N) is 1. The third-order valence-electron chi connectivity index (χ3n) is 1.73. The van der Waals surface area contributed by atoms with Crippen molar-refractivity contribution in [3.8, 4) is 0 Å². The molecule has 0 radical (unpaired) electrons. The van der Waals surface area contributed by atoms with E-state index in [-0.39, 0.29) is 11.2 Å². The number of ether oxygens (including phenoxy) is 2. The first-order chi connectivity index (χ1) is 7.49. The second-order valence-corrected chi connectivity index (χ2v) is 3.88. The second kappa shape index (κ2) is 8.29. The molecule has 0 unspecified atom stereocenters. The van der Waals surface area contributed by atoms with Gasteiger partial charge in [0.25, 0.3) is 0 Å². The maximum absolute atomic E-state index is 11.4. The fourth-order valence-corrected chi connectivity index (χ4v) is 1.20. The molecule has 0 bridgehead atoms. The van der Waals surface area contributed by atoms with Crippen LogP contribution in [0.4, 0.5) is 4.79 Å². The molecular formula is C10H20N2O3S. The summed E-state index contributed by atoms with van der Waals surface area (Å²) in [6, 6.07) is 0. The van der Waals surface area contributed by atoms with E-state index in [1.807, 2.05) is 13.8 Å². The minimum Gasteiger partial charge on any atom is -0.449 e. The minimum atomic E-state index is -0.500. The zero-order valence-corrected chi connectivity index (χ0v) is 10.9. The van der Waals surface area contributed by atoms with Crippen LogP contribution in [0.25, 0.3) is 0 Å². The molecule has 0 fully saturated rings. The van der Waals surface area contributed by atoms with Crippen molar-refractivity contribution in [1.82, 2.24) is 4.90 Å². The van der Waals surface area contributed by atoms with E-state index < -0.39 is 6.09 Å². The maximum atomic E-state index is 11.4. The van der Waals surface area contributed by atoms with Crippen LogP contribution in [-0.4, -0.2) is 42.0 Å². The first-order valence-electron chi connectivity index (χ1n) is 5.34. The standard InChI is InChI=1S/C10H20N2O3S/c1-4-14-10(13)12(9(11)16)6-5-7-15-8(2)3/h8H,4-7H2,1-3H3,(H2,11,16). The van der Waals surface area contributed by atoms with Crippen LogP contribution in [0.5, 0.6) is 0 Å². The fraction of sp³-hybridized carbons (Fsp3) is 0.800. The van der Waals surface area contributed by atoms with E-state index in [9.17, 15) is 4.79 Å². The molecule has 0 spiro atoms. The number of carbonyl (C=O) groups is 1. The first kappa shape index (κ1) is 15.1. The van der Waals surface area contributed by atoms with Gasteiger partial charge in [-0.05, 0) is 39.4 Å². The summed E-state index contributed by atoms with van der Waals surface area (Å²) in [7, 11) is 0. The number of rotatable bonds is 6. The minimum absolute atomic E-state index is 0.0306. The Morgan fingerprint density at radius 2 is 2.12 bits per heavy atom. The van der Waals surface area contributed by atoms with Crippen molar-refractivity contribution in [1.29, 1.82) is 0 Å². The number of carbonyl (C=O) groups excluding carboxylic acids is 1. The van der Waals surface area contributed by atoms with Gasteiger partial charge >= 0.3 is 6.09 Å². The van der Waals surface area contributed by atoms with Crippen LogP contribution in [-0.2, 0) is 9.47 Å². The van der Waals surface area contributed by atoms with Crippen LogP contribution < -0.4 is 5.73 Å². The summed E-state index contributed by atoms with van der Waals surface area (Å²) in [5, 5.41) is 0.0306.